The van der Waals surface area contributed by atoms with Gasteiger partial charge in [0.05, 0.1) is 19.3 Å². The minimum absolute atomic E-state index is 0.0574. The zero-order valence-corrected chi connectivity index (χ0v) is 9.43. The Labute approximate surface area is 94.5 Å². The first-order valence-electron chi connectivity index (χ1n) is 5.60. The van der Waals surface area contributed by atoms with Crippen LogP contribution in [0.15, 0.2) is 23.1 Å². The van der Waals surface area contributed by atoms with Crippen LogP contribution in [0, 0.1) is 12.8 Å². The quantitative estimate of drug-likeness (QED) is 0.814. The van der Waals surface area contributed by atoms with Crippen LogP contribution in [0.3, 0.4) is 0 Å². The number of hydrogen-bond acceptors (Lipinski definition) is 3. The topological polar surface area (TPSA) is 51.5 Å². The van der Waals surface area contributed by atoms with E-state index in [1.54, 1.807) is 16.8 Å². The van der Waals surface area contributed by atoms with Gasteiger partial charge >= 0.3 is 0 Å². The normalized spacial score (nSPS) is 22.2. The highest BCUT2D eigenvalue weighted by Crippen LogP contribution is 2.17. The smallest absolute Gasteiger partial charge is 0.250 e. The van der Waals surface area contributed by atoms with Crippen molar-refractivity contribution >= 4 is 0 Å². The molecule has 0 bridgehead atoms. The van der Waals surface area contributed by atoms with Gasteiger partial charge < -0.3 is 14.4 Å². The molecule has 0 amide bonds. The lowest BCUT2D eigenvalue weighted by atomic mass is 10.0. The van der Waals surface area contributed by atoms with Gasteiger partial charge in [-0.25, -0.2) is 0 Å². The van der Waals surface area contributed by atoms with E-state index in [-0.39, 0.29) is 11.5 Å². The summed E-state index contributed by atoms with van der Waals surface area (Å²) in [6, 6.07) is 3.46. The molecular formula is C12H17NO3. The molecule has 1 aliphatic heterocycles. The molecule has 1 aromatic rings. The number of ether oxygens (including phenoxy) is 1. The summed E-state index contributed by atoms with van der Waals surface area (Å²) < 4.78 is 6.77. The van der Waals surface area contributed by atoms with Crippen LogP contribution in [0.25, 0.3) is 0 Å². The number of rotatable bonds is 3. The highest BCUT2D eigenvalue weighted by atomic mass is 16.5. The molecule has 16 heavy (non-hydrogen) atoms. The van der Waals surface area contributed by atoms with Gasteiger partial charge in [-0.15, -0.1) is 0 Å². The van der Waals surface area contributed by atoms with E-state index in [1.165, 1.54) is 0 Å². The van der Waals surface area contributed by atoms with Crippen molar-refractivity contribution in [2.24, 2.45) is 5.92 Å². The Kier molecular flexibility index (Phi) is 3.41. The molecule has 2 unspecified atom stereocenters. The Bertz CT molecular complexity index is 407. The lowest BCUT2D eigenvalue weighted by Crippen LogP contribution is -2.31. The first-order valence-corrected chi connectivity index (χ1v) is 5.60. The predicted molar refractivity (Wildman–Crippen MR) is 60.4 cm³/mol. The maximum absolute atomic E-state index is 11.6. The number of aliphatic hydroxyl groups excluding tert-OH is 1. The Morgan fingerprint density at radius 3 is 3.12 bits per heavy atom. The fourth-order valence-electron chi connectivity index (χ4n) is 1.96. The molecule has 1 aromatic heterocycles. The first kappa shape index (κ1) is 11.4. The van der Waals surface area contributed by atoms with Crippen molar-refractivity contribution in [3.8, 4) is 0 Å². The molecule has 88 valence electrons. The van der Waals surface area contributed by atoms with Crippen LogP contribution in [-0.2, 0) is 11.3 Å². The summed E-state index contributed by atoms with van der Waals surface area (Å²) in [5.74, 6) is 0.160. The van der Waals surface area contributed by atoms with Crippen LogP contribution in [0.4, 0.5) is 0 Å². The highest BCUT2D eigenvalue weighted by molar-refractivity contribution is 5.08. The standard InChI is InChI=1S/C12H17NO3/c1-9-2-4-13(12(15)6-9)7-11(14)10-3-5-16-8-10/h2,4,6,10-11,14H,3,5,7-8H2,1H3. The summed E-state index contributed by atoms with van der Waals surface area (Å²) in [6.45, 7) is 3.55. The fourth-order valence-corrected chi connectivity index (χ4v) is 1.96. The number of pyridine rings is 1. The third-order valence-corrected chi connectivity index (χ3v) is 3.04. The predicted octanol–water partition coefficient (Wildman–Crippen LogP) is 0.554. The second kappa shape index (κ2) is 4.80. The van der Waals surface area contributed by atoms with Gasteiger partial charge in [0.1, 0.15) is 0 Å². The summed E-state index contributed by atoms with van der Waals surface area (Å²) in [4.78, 5) is 11.6. The van der Waals surface area contributed by atoms with Gasteiger partial charge in [-0.1, -0.05) is 0 Å². The molecule has 0 radical (unpaired) electrons. The van der Waals surface area contributed by atoms with E-state index in [1.807, 2.05) is 13.0 Å². The molecular weight excluding hydrogens is 206 g/mol. The maximum Gasteiger partial charge on any atom is 0.250 e. The Hall–Kier alpha value is -1.13. The molecule has 1 N–H and O–H groups in total. The van der Waals surface area contributed by atoms with E-state index < -0.39 is 6.10 Å². The van der Waals surface area contributed by atoms with Gasteiger partial charge in [0.15, 0.2) is 0 Å². The molecule has 0 aliphatic carbocycles. The molecule has 0 spiro atoms. The van der Waals surface area contributed by atoms with Crippen LogP contribution in [0.5, 0.6) is 0 Å². The summed E-state index contributed by atoms with van der Waals surface area (Å²) in [5.41, 5.74) is 0.887. The zero-order valence-electron chi connectivity index (χ0n) is 9.43. The van der Waals surface area contributed by atoms with Crippen molar-refractivity contribution in [2.75, 3.05) is 13.2 Å². The lowest BCUT2D eigenvalue weighted by Gasteiger charge is -2.17. The van der Waals surface area contributed by atoms with Gasteiger partial charge in [0.2, 0.25) is 0 Å². The van der Waals surface area contributed by atoms with Crippen molar-refractivity contribution in [1.82, 2.24) is 4.57 Å². The SMILES string of the molecule is Cc1ccn(CC(O)C2CCOC2)c(=O)c1. The fraction of sp³-hybridized carbons (Fsp3) is 0.583. The van der Waals surface area contributed by atoms with E-state index in [0.717, 1.165) is 12.0 Å². The maximum atomic E-state index is 11.6. The molecule has 2 atom stereocenters. The highest BCUT2D eigenvalue weighted by Gasteiger charge is 2.24. The Balaban J connectivity index is 2.05. The molecule has 0 saturated carbocycles. The van der Waals surface area contributed by atoms with Crippen molar-refractivity contribution in [3.05, 3.63) is 34.2 Å². The van der Waals surface area contributed by atoms with E-state index in [2.05, 4.69) is 0 Å². The molecule has 1 fully saturated rings. The molecule has 4 nitrogen and oxygen atoms in total. The number of nitrogens with zero attached hydrogens (tertiary/aromatic N) is 1. The van der Waals surface area contributed by atoms with Crippen LogP contribution in [-0.4, -0.2) is 29.0 Å². The summed E-state index contributed by atoms with van der Waals surface area (Å²) in [5, 5.41) is 9.96. The van der Waals surface area contributed by atoms with Crippen molar-refractivity contribution < 1.29 is 9.84 Å². The van der Waals surface area contributed by atoms with Crippen LogP contribution < -0.4 is 5.56 Å². The number of aliphatic hydroxyl groups is 1. The van der Waals surface area contributed by atoms with E-state index >= 15 is 0 Å². The average Bonchev–Trinajstić information content (AvgIpc) is 2.75. The van der Waals surface area contributed by atoms with Gasteiger partial charge in [0.25, 0.3) is 5.56 Å². The monoisotopic (exact) mass is 223 g/mol. The third-order valence-electron chi connectivity index (χ3n) is 3.04. The van der Waals surface area contributed by atoms with Crippen molar-refractivity contribution in [2.45, 2.75) is 26.0 Å². The lowest BCUT2D eigenvalue weighted by molar-refractivity contribution is 0.0769. The molecule has 1 saturated heterocycles. The number of aromatic nitrogens is 1. The zero-order chi connectivity index (χ0) is 11.5. The number of hydrogen-bond donors (Lipinski definition) is 1. The molecule has 2 rings (SSSR count). The largest absolute Gasteiger partial charge is 0.391 e. The second-order valence-corrected chi connectivity index (χ2v) is 4.39. The Morgan fingerprint density at radius 1 is 1.69 bits per heavy atom. The second-order valence-electron chi connectivity index (χ2n) is 4.39. The van der Waals surface area contributed by atoms with Crippen LogP contribution >= 0.6 is 0 Å². The summed E-state index contributed by atoms with van der Waals surface area (Å²) >= 11 is 0. The number of aryl methyl sites for hydroxylation is 1. The van der Waals surface area contributed by atoms with Gasteiger partial charge in [-0.05, 0) is 25.0 Å². The summed E-state index contributed by atoms with van der Waals surface area (Å²) in [6.07, 6.45) is 2.11. The first-order chi connectivity index (χ1) is 7.66. The molecule has 4 heteroatoms. The molecule has 1 aliphatic rings. The van der Waals surface area contributed by atoms with E-state index in [0.29, 0.717) is 19.8 Å². The molecule has 2 heterocycles. The van der Waals surface area contributed by atoms with Crippen LogP contribution in [0.1, 0.15) is 12.0 Å². The van der Waals surface area contributed by atoms with Crippen molar-refractivity contribution in [1.29, 1.82) is 0 Å². The van der Waals surface area contributed by atoms with Gasteiger partial charge in [-0.3, -0.25) is 4.79 Å². The minimum Gasteiger partial charge on any atom is -0.391 e. The van der Waals surface area contributed by atoms with Gasteiger partial charge in [0, 0.05) is 24.8 Å². The van der Waals surface area contributed by atoms with Gasteiger partial charge in [-0.2, -0.15) is 0 Å². The third kappa shape index (κ3) is 2.51. The molecule has 0 aromatic carbocycles. The van der Waals surface area contributed by atoms with E-state index in [9.17, 15) is 9.90 Å². The van der Waals surface area contributed by atoms with E-state index in [4.69, 9.17) is 4.74 Å². The minimum atomic E-state index is -0.497. The van der Waals surface area contributed by atoms with Crippen molar-refractivity contribution in [3.63, 3.8) is 0 Å². The van der Waals surface area contributed by atoms with Crippen LogP contribution in [0.2, 0.25) is 0 Å². The Morgan fingerprint density at radius 2 is 2.50 bits per heavy atom. The summed E-state index contributed by atoms with van der Waals surface area (Å²) in [7, 11) is 0. The average molecular weight is 223 g/mol.